The molecule has 0 saturated carbocycles. The first-order valence-corrected chi connectivity index (χ1v) is 8.25. The molecule has 0 aliphatic carbocycles. The molecule has 0 aromatic heterocycles. The van der Waals surface area contributed by atoms with Gasteiger partial charge < -0.3 is 11.1 Å². The quantitative estimate of drug-likeness (QED) is 0.591. The Morgan fingerprint density at radius 1 is 1.33 bits per heavy atom. The summed E-state index contributed by atoms with van der Waals surface area (Å²) in [5, 5.41) is 2.98. The summed E-state index contributed by atoms with van der Waals surface area (Å²) in [6.45, 7) is 3.87. The number of nitrogens with zero attached hydrogens (tertiary/aromatic N) is 1. The molecule has 1 aliphatic rings. The second kappa shape index (κ2) is 9.03. The smallest absolute Gasteiger partial charge is 0.244 e. The van der Waals surface area contributed by atoms with Gasteiger partial charge >= 0.3 is 0 Å². The fourth-order valence-electron chi connectivity index (χ4n) is 2.86. The summed E-state index contributed by atoms with van der Waals surface area (Å²) < 4.78 is 0. The van der Waals surface area contributed by atoms with E-state index in [1.807, 2.05) is 42.2 Å². The number of nitrogens with one attached hydrogen (secondary N) is 1. The van der Waals surface area contributed by atoms with Crippen molar-refractivity contribution in [3.05, 3.63) is 53.6 Å². The van der Waals surface area contributed by atoms with Crippen LogP contribution in [-0.2, 0) is 9.59 Å². The number of rotatable bonds is 7. The van der Waals surface area contributed by atoms with Crippen LogP contribution in [0.1, 0.15) is 25.3 Å². The third-order valence-electron chi connectivity index (χ3n) is 3.87. The molecule has 0 spiro atoms. The molecule has 1 aromatic rings. The number of nitrogens with two attached hydrogens (primary N) is 1. The first-order valence-electron chi connectivity index (χ1n) is 8.25. The third kappa shape index (κ3) is 6.38. The fraction of sp³-hybridized carbons (Fsp3) is 0.368. The van der Waals surface area contributed by atoms with E-state index >= 15 is 0 Å². The monoisotopic (exact) mass is 327 g/mol. The van der Waals surface area contributed by atoms with Gasteiger partial charge in [0.05, 0.1) is 6.54 Å². The Hall–Kier alpha value is -2.40. The maximum absolute atomic E-state index is 12.0. The van der Waals surface area contributed by atoms with E-state index in [-0.39, 0.29) is 24.4 Å². The highest BCUT2D eigenvalue weighted by Crippen LogP contribution is 2.14. The zero-order valence-corrected chi connectivity index (χ0v) is 14.1. The molecule has 24 heavy (non-hydrogen) atoms. The van der Waals surface area contributed by atoms with Crippen molar-refractivity contribution in [2.75, 3.05) is 19.6 Å². The topological polar surface area (TPSA) is 75.4 Å². The molecule has 5 heteroatoms. The molecular weight excluding hydrogens is 302 g/mol. The molecule has 0 radical (unpaired) electrons. The van der Waals surface area contributed by atoms with E-state index in [9.17, 15) is 9.59 Å². The first-order chi connectivity index (χ1) is 11.5. The zero-order chi connectivity index (χ0) is 17.4. The fourth-order valence-corrected chi connectivity index (χ4v) is 2.86. The van der Waals surface area contributed by atoms with Crippen molar-refractivity contribution in [3.63, 3.8) is 0 Å². The lowest BCUT2D eigenvalue weighted by Gasteiger charge is -2.27. The number of hydrogen-bond acceptors (Lipinski definition) is 3. The number of hydrogen-bond donors (Lipinski definition) is 2. The van der Waals surface area contributed by atoms with Crippen molar-refractivity contribution in [3.8, 4) is 0 Å². The highest BCUT2D eigenvalue weighted by Gasteiger charge is 2.16. The van der Waals surface area contributed by atoms with Crippen molar-refractivity contribution in [1.29, 1.82) is 0 Å². The van der Waals surface area contributed by atoms with Crippen LogP contribution in [0.4, 0.5) is 0 Å². The second-order valence-electron chi connectivity index (χ2n) is 6.19. The molecule has 1 atom stereocenters. The number of amides is 2. The highest BCUT2D eigenvalue weighted by molar-refractivity contribution is 5.91. The van der Waals surface area contributed by atoms with Crippen LogP contribution in [0.5, 0.6) is 0 Å². The van der Waals surface area contributed by atoms with E-state index in [0.29, 0.717) is 0 Å². The molecule has 1 aliphatic heterocycles. The van der Waals surface area contributed by atoms with Gasteiger partial charge in [0, 0.05) is 25.2 Å². The number of carbonyl (C=O) groups excluding carboxylic acids is 2. The average molecular weight is 327 g/mol. The van der Waals surface area contributed by atoms with Gasteiger partial charge in [0.25, 0.3) is 0 Å². The van der Waals surface area contributed by atoms with Crippen LogP contribution in [-0.4, -0.2) is 42.4 Å². The molecule has 128 valence electrons. The van der Waals surface area contributed by atoms with Crippen LogP contribution in [0.15, 0.2) is 48.1 Å². The van der Waals surface area contributed by atoms with Gasteiger partial charge in [0.2, 0.25) is 11.8 Å². The molecule has 2 amide bonds. The van der Waals surface area contributed by atoms with Crippen LogP contribution < -0.4 is 11.1 Å². The first kappa shape index (κ1) is 17.9. The average Bonchev–Trinajstić information content (AvgIpc) is 2.53. The van der Waals surface area contributed by atoms with Crippen molar-refractivity contribution < 1.29 is 9.59 Å². The van der Waals surface area contributed by atoms with E-state index in [2.05, 4.69) is 11.4 Å². The minimum Gasteiger partial charge on any atom is -0.369 e. The third-order valence-corrected chi connectivity index (χ3v) is 3.87. The number of primary amides is 1. The van der Waals surface area contributed by atoms with Crippen molar-refractivity contribution in [2.45, 2.75) is 25.8 Å². The van der Waals surface area contributed by atoms with Gasteiger partial charge in [0.1, 0.15) is 0 Å². The normalized spacial score (nSPS) is 16.6. The largest absolute Gasteiger partial charge is 0.369 e. The Morgan fingerprint density at radius 3 is 2.79 bits per heavy atom. The number of benzene rings is 1. The summed E-state index contributed by atoms with van der Waals surface area (Å²) in [5.41, 5.74) is 7.49. The molecule has 5 nitrogen and oxygen atoms in total. The van der Waals surface area contributed by atoms with Crippen molar-refractivity contribution in [1.82, 2.24) is 10.2 Å². The lowest BCUT2D eigenvalue weighted by atomic mass is 10.0. The molecule has 1 aromatic carbocycles. The number of carbonyl (C=O) groups is 2. The molecule has 0 bridgehead atoms. The molecule has 2 rings (SSSR count). The summed E-state index contributed by atoms with van der Waals surface area (Å²) in [5.74, 6) is -0.402. The Kier molecular flexibility index (Phi) is 6.75. The Morgan fingerprint density at radius 2 is 2.08 bits per heavy atom. The van der Waals surface area contributed by atoms with Crippen LogP contribution in [0, 0.1) is 0 Å². The SMILES string of the molecule is C[C@@H](CC1=CCCN(CC(N)=O)C1)NC(=O)/C=C/c1ccccc1. The minimum absolute atomic E-state index is 0.0395. The van der Waals surface area contributed by atoms with Crippen LogP contribution in [0.3, 0.4) is 0 Å². The molecule has 3 N–H and O–H groups in total. The molecular formula is C19H25N3O2. The molecule has 1 heterocycles. The lowest BCUT2D eigenvalue weighted by Crippen LogP contribution is -2.39. The Balaban J connectivity index is 1.79. The van der Waals surface area contributed by atoms with Gasteiger partial charge in [-0.3, -0.25) is 14.5 Å². The van der Waals surface area contributed by atoms with Gasteiger partial charge in [-0.25, -0.2) is 0 Å². The van der Waals surface area contributed by atoms with Gasteiger partial charge in [0.15, 0.2) is 0 Å². The summed E-state index contributed by atoms with van der Waals surface area (Å²) in [4.78, 5) is 25.1. The van der Waals surface area contributed by atoms with Crippen LogP contribution in [0.2, 0.25) is 0 Å². The van der Waals surface area contributed by atoms with Gasteiger partial charge in [-0.15, -0.1) is 0 Å². The van der Waals surface area contributed by atoms with Gasteiger partial charge in [-0.05, 0) is 31.4 Å². The van der Waals surface area contributed by atoms with Gasteiger partial charge in [-0.2, -0.15) is 0 Å². The Labute approximate surface area is 143 Å². The summed E-state index contributed by atoms with van der Waals surface area (Å²) in [6, 6.07) is 9.76. The lowest BCUT2D eigenvalue weighted by molar-refractivity contribution is -0.119. The van der Waals surface area contributed by atoms with Gasteiger partial charge in [-0.1, -0.05) is 42.0 Å². The zero-order valence-electron chi connectivity index (χ0n) is 14.1. The van der Waals surface area contributed by atoms with Crippen LogP contribution in [0.25, 0.3) is 6.08 Å². The maximum Gasteiger partial charge on any atom is 0.244 e. The van der Waals surface area contributed by atoms with E-state index in [1.165, 1.54) is 5.57 Å². The van der Waals surface area contributed by atoms with Crippen molar-refractivity contribution in [2.24, 2.45) is 5.73 Å². The van der Waals surface area contributed by atoms with E-state index in [0.717, 1.165) is 31.5 Å². The van der Waals surface area contributed by atoms with Crippen molar-refractivity contribution >= 4 is 17.9 Å². The molecule has 0 unspecified atom stereocenters. The van der Waals surface area contributed by atoms with E-state index < -0.39 is 0 Å². The predicted octanol–water partition coefficient (Wildman–Crippen LogP) is 1.71. The Bertz CT molecular complexity index is 623. The highest BCUT2D eigenvalue weighted by atomic mass is 16.2. The molecule has 0 saturated heterocycles. The molecule has 0 fully saturated rings. The van der Waals surface area contributed by atoms with E-state index in [4.69, 9.17) is 5.73 Å². The standard InChI is InChI=1S/C19H25N3O2/c1-15(12-17-8-5-11-22(13-17)14-18(20)23)21-19(24)10-9-16-6-3-2-4-7-16/h2-4,6-10,15H,5,11-14H2,1H3,(H2,20,23)(H,21,24)/b10-9+/t15-/m0/s1. The van der Waals surface area contributed by atoms with E-state index in [1.54, 1.807) is 12.2 Å². The summed E-state index contributed by atoms with van der Waals surface area (Å²) in [7, 11) is 0. The predicted molar refractivity (Wildman–Crippen MR) is 96.0 cm³/mol. The summed E-state index contributed by atoms with van der Waals surface area (Å²) in [6.07, 6.45) is 7.24. The second-order valence-corrected chi connectivity index (χ2v) is 6.19. The maximum atomic E-state index is 12.0. The minimum atomic E-state index is -0.302. The van der Waals surface area contributed by atoms with Crippen LogP contribution >= 0.6 is 0 Å². The summed E-state index contributed by atoms with van der Waals surface area (Å²) >= 11 is 0.